The fraction of sp³-hybridized carbons (Fsp3) is 0.111. The van der Waals surface area contributed by atoms with E-state index in [1.165, 1.54) is 0 Å². The largest absolute Gasteiger partial charge is 0.480 e. The number of nitrogens with two attached hydrogens (primary N) is 1. The molecule has 1 unspecified atom stereocenters. The molecule has 0 saturated heterocycles. The Bertz CT molecular complexity index is 445. The second-order valence-electron chi connectivity index (χ2n) is 2.88. The first-order valence-electron chi connectivity index (χ1n) is 4.00. The summed E-state index contributed by atoms with van der Waals surface area (Å²) < 4.78 is 5.25. The molecule has 0 radical (unpaired) electrons. The van der Waals surface area contributed by atoms with Crippen LogP contribution in [0, 0.1) is 0 Å². The van der Waals surface area contributed by atoms with E-state index in [0.29, 0.717) is 5.58 Å². The van der Waals surface area contributed by atoms with Gasteiger partial charge in [-0.05, 0) is 12.1 Å². The lowest BCUT2D eigenvalue weighted by molar-refractivity contribution is -0.139. The van der Waals surface area contributed by atoms with Gasteiger partial charge in [0.25, 0.3) is 0 Å². The van der Waals surface area contributed by atoms with Gasteiger partial charge in [0, 0.05) is 17.8 Å². The van der Waals surface area contributed by atoms with Crippen molar-refractivity contribution in [3.8, 4) is 0 Å². The summed E-state index contributed by atoms with van der Waals surface area (Å²) >= 11 is 0. The minimum absolute atomic E-state index is 0.237. The average molecular weight is 192 g/mol. The van der Waals surface area contributed by atoms with E-state index in [-0.39, 0.29) is 5.76 Å². The summed E-state index contributed by atoms with van der Waals surface area (Å²) in [5, 5.41) is 9.41. The molecule has 0 aromatic carbocycles. The van der Waals surface area contributed by atoms with E-state index in [1.807, 2.05) is 0 Å². The summed E-state index contributed by atoms with van der Waals surface area (Å²) in [6.45, 7) is 0. The molecule has 0 aliphatic carbocycles. The molecule has 0 bridgehead atoms. The van der Waals surface area contributed by atoms with Gasteiger partial charge in [-0.2, -0.15) is 0 Å². The van der Waals surface area contributed by atoms with E-state index in [4.69, 9.17) is 15.3 Å². The van der Waals surface area contributed by atoms with Gasteiger partial charge in [-0.1, -0.05) is 0 Å². The smallest absolute Gasteiger partial charge is 0.328 e. The van der Waals surface area contributed by atoms with Crippen LogP contribution in [0.25, 0.3) is 11.0 Å². The average Bonchev–Trinajstić information content (AvgIpc) is 2.59. The summed E-state index contributed by atoms with van der Waals surface area (Å²) in [5.41, 5.74) is 5.98. The summed E-state index contributed by atoms with van der Waals surface area (Å²) in [6.07, 6.45) is 3.17. The Morgan fingerprint density at radius 2 is 2.43 bits per heavy atom. The van der Waals surface area contributed by atoms with E-state index in [1.54, 1.807) is 24.5 Å². The summed E-state index contributed by atoms with van der Waals surface area (Å²) in [7, 11) is 0. The number of aliphatic carboxylic acids is 1. The topological polar surface area (TPSA) is 89.4 Å². The predicted molar refractivity (Wildman–Crippen MR) is 48.6 cm³/mol. The van der Waals surface area contributed by atoms with Crippen LogP contribution in [0.3, 0.4) is 0 Å². The van der Waals surface area contributed by atoms with E-state index in [9.17, 15) is 4.79 Å². The van der Waals surface area contributed by atoms with Gasteiger partial charge in [-0.15, -0.1) is 0 Å². The number of nitrogens with zero attached hydrogens (tertiary/aromatic N) is 1. The third-order valence-electron chi connectivity index (χ3n) is 1.91. The van der Waals surface area contributed by atoms with Crippen LogP contribution in [0.15, 0.2) is 28.9 Å². The molecule has 72 valence electrons. The molecule has 0 spiro atoms. The monoisotopic (exact) mass is 192 g/mol. The molecule has 0 aliphatic heterocycles. The maximum atomic E-state index is 10.6. The predicted octanol–water partition coefficient (Wildman–Crippen LogP) is 0.912. The molecule has 2 aromatic heterocycles. The third kappa shape index (κ3) is 1.33. The van der Waals surface area contributed by atoms with Gasteiger partial charge < -0.3 is 15.3 Å². The van der Waals surface area contributed by atoms with Gasteiger partial charge in [0.15, 0.2) is 6.04 Å². The highest BCUT2D eigenvalue weighted by atomic mass is 16.4. The highest BCUT2D eigenvalue weighted by Gasteiger charge is 2.18. The zero-order valence-electron chi connectivity index (χ0n) is 7.18. The van der Waals surface area contributed by atoms with Crippen molar-refractivity contribution in [3.05, 3.63) is 30.3 Å². The summed E-state index contributed by atoms with van der Waals surface area (Å²) in [4.78, 5) is 14.5. The van der Waals surface area contributed by atoms with Crippen LogP contribution in [0.2, 0.25) is 0 Å². The van der Waals surface area contributed by atoms with Crippen molar-refractivity contribution in [2.45, 2.75) is 6.04 Å². The highest BCUT2D eigenvalue weighted by molar-refractivity contribution is 5.80. The number of hydrogen-bond donors (Lipinski definition) is 2. The zero-order chi connectivity index (χ0) is 10.1. The van der Waals surface area contributed by atoms with Crippen LogP contribution in [-0.4, -0.2) is 16.1 Å². The standard InChI is InChI=1S/C9H8N2O3/c10-8(9(12)13)7-3-5-4-11-2-1-6(5)14-7/h1-4,8H,10H2,(H,12,13). The molecule has 5 heteroatoms. The second-order valence-corrected chi connectivity index (χ2v) is 2.88. The van der Waals surface area contributed by atoms with Gasteiger partial charge in [0.1, 0.15) is 11.3 Å². The van der Waals surface area contributed by atoms with E-state index in [2.05, 4.69) is 4.98 Å². The molecule has 2 aromatic rings. The molecule has 2 heterocycles. The number of rotatable bonds is 2. The SMILES string of the molecule is NC(C(=O)O)c1cc2cnccc2o1. The van der Waals surface area contributed by atoms with Crippen LogP contribution in [-0.2, 0) is 4.79 Å². The quantitative estimate of drug-likeness (QED) is 0.738. The Morgan fingerprint density at radius 1 is 1.64 bits per heavy atom. The lowest BCUT2D eigenvalue weighted by Gasteiger charge is -1.99. The second kappa shape index (κ2) is 3.12. The van der Waals surface area contributed by atoms with E-state index >= 15 is 0 Å². The maximum Gasteiger partial charge on any atom is 0.328 e. The lowest BCUT2D eigenvalue weighted by Crippen LogP contribution is -2.19. The molecule has 0 saturated carbocycles. The number of pyridine rings is 1. The Morgan fingerprint density at radius 3 is 3.07 bits per heavy atom. The zero-order valence-corrected chi connectivity index (χ0v) is 7.18. The summed E-state index contributed by atoms with van der Waals surface area (Å²) in [6, 6.07) is 2.12. The van der Waals surface area contributed by atoms with Crippen molar-refractivity contribution in [1.29, 1.82) is 0 Å². The number of furan rings is 1. The number of hydrogen-bond acceptors (Lipinski definition) is 4. The van der Waals surface area contributed by atoms with Crippen molar-refractivity contribution in [3.63, 3.8) is 0 Å². The van der Waals surface area contributed by atoms with Crippen LogP contribution in [0.4, 0.5) is 0 Å². The van der Waals surface area contributed by atoms with Gasteiger partial charge in [-0.25, -0.2) is 0 Å². The lowest BCUT2D eigenvalue weighted by atomic mass is 10.2. The minimum atomic E-state index is -1.12. The number of carboxylic acid groups (broad SMARTS) is 1. The fourth-order valence-corrected chi connectivity index (χ4v) is 1.18. The van der Waals surface area contributed by atoms with E-state index < -0.39 is 12.0 Å². The molecule has 5 nitrogen and oxygen atoms in total. The van der Waals surface area contributed by atoms with Gasteiger partial charge >= 0.3 is 5.97 Å². The normalized spacial score (nSPS) is 12.9. The molecular formula is C9H8N2O3. The number of aromatic nitrogens is 1. The molecule has 0 amide bonds. The first-order valence-corrected chi connectivity index (χ1v) is 4.00. The highest BCUT2D eigenvalue weighted by Crippen LogP contribution is 2.21. The maximum absolute atomic E-state index is 10.6. The number of carbonyl (C=O) groups is 1. The Labute approximate surface area is 79.2 Å². The first kappa shape index (κ1) is 8.71. The Hall–Kier alpha value is -1.88. The molecule has 14 heavy (non-hydrogen) atoms. The molecule has 3 N–H and O–H groups in total. The van der Waals surface area contributed by atoms with Crippen molar-refractivity contribution in [2.24, 2.45) is 5.73 Å². The van der Waals surface area contributed by atoms with Crippen molar-refractivity contribution in [1.82, 2.24) is 4.98 Å². The summed E-state index contributed by atoms with van der Waals surface area (Å²) in [5.74, 6) is -0.877. The van der Waals surface area contributed by atoms with E-state index in [0.717, 1.165) is 5.39 Å². The molecule has 0 aliphatic rings. The van der Waals surface area contributed by atoms with Gasteiger partial charge in [0.05, 0.1) is 0 Å². The Kier molecular flexibility index (Phi) is 1.94. The number of carboxylic acids is 1. The molecule has 1 atom stereocenters. The Balaban J connectivity index is 2.50. The minimum Gasteiger partial charge on any atom is -0.480 e. The van der Waals surface area contributed by atoms with Crippen molar-refractivity contribution >= 4 is 16.9 Å². The van der Waals surface area contributed by atoms with Crippen molar-refractivity contribution < 1.29 is 14.3 Å². The van der Waals surface area contributed by atoms with Crippen LogP contribution in [0.5, 0.6) is 0 Å². The molecular weight excluding hydrogens is 184 g/mol. The van der Waals surface area contributed by atoms with Crippen LogP contribution >= 0.6 is 0 Å². The first-order chi connectivity index (χ1) is 6.68. The molecule has 2 rings (SSSR count). The fourth-order valence-electron chi connectivity index (χ4n) is 1.18. The van der Waals surface area contributed by atoms with Gasteiger partial charge in [-0.3, -0.25) is 9.78 Å². The third-order valence-corrected chi connectivity index (χ3v) is 1.91. The number of fused-ring (bicyclic) bond motifs is 1. The molecule has 0 fully saturated rings. The van der Waals surface area contributed by atoms with Crippen LogP contribution in [0.1, 0.15) is 11.8 Å². The van der Waals surface area contributed by atoms with Crippen LogP contribution < -0.4 is 5.73 Å². The van der Waals surface area contributed by atoms with Crippen molar-refractivity contribution in [2.75, 3.05) is 0 Å². The van der Waals surface area contributed by atoms with Gasteiger partial charge in [0.2, 0.25) is 0 Å².